The number of carbonyl (C=O) groups excluding carboxylic acids is 3. The first kappa shape index (κ1) is 22.9. The van der Waals surface area contributed by atoms with Crippen LogP contribution in [0.15, 0.2) is 48.6 Å². The smallest absolute Gasteiger partial charge is 0.335 e. The molecule has 2 aliphatic heterocycles. The molecule has 0 unspecified atom stereocenters. The van der Waals surface area contributed by atoms with Crippen molar-refractivity contribution in [2.75, 3.05) is 24.9 Å². The number of rotatable bonds is 8. The largest absolute Gasteiger partial charge is 0.490 e. The number of ether oxygens (including phenoxy) is 4. The first-order valence-corrected chi connectivity index (χ1v) is 10.8. The standard InChI is InChI=1S/C25H24N2O7/c1-4-7-16-10-15(12-21(31-5-2)22(16)32-6-3)11-18-23(28)26-25(30)27(24(18)29)17-8-9-19-20(13-17)34-14-33-19/h4,8-13H,1,5-7,14H2,2-3H3,(H,26,28,30)/b18-11+. The van der Waals surface area contributed by atoms with Crippen molar-refractivity contribution in [1.29, 1.82) is 0 Å². The molecule has 176 valence electrons. The fraction of sp³-hybridized carbons (Fsp3) is 0.240. The number of fused-ring (bicyclic) bond motifs is 1. The maximum Gasteiger partial charge on any atom is 0.335 e. The normalized spacial score (nSPS) is 16.0. The number of hydrogen-bond donors (Lipinski definition) is 1. The summed E-state index contributed by atoms with van der Waals surface area (Å²) in [5.74, 6) is 0.440. The maximum atomic E-state index is 13.3. The van der Waals surface area contributed by atoms with Gasteiger partial charge in [-0.05, 0) is 56.2 Å². The molecule has 0 atom stereocenters. The average molecular weight is 464 g/mol. The van der Waals surface area contributed by atoms with Crippen molar-refractivity contribution in [2.45, 2.75) is 20.3 Å². The van der Waals surface area contributed by atoms with E-state index in [2.05, 4.69) is 11.9 Å². The lowest BCUT2D eigenvalue weighted by atomic mass is 10.0. The molecule has 0 saturated carbocycles. The van der Waals surface area contributed by atoms with E-state index in [-0.39, 0.29) is 18.1 Å². The van der Waals surface area contributed by atoms with Gasteiger partial charge in [-0.25, -0.2) is 9.69 Å². The molecule has 4 amide bonds. The van der Waals surface area contributed by atoms with E-state index in [9.17, 15) is 14.4 Å². The Kier molecular flexibility index (Phi) is 6.53. The third-order valence-electron chi connectivity index (χ3n) is 5.13. The van der Waals surface area contributed by atoms with Gasteiger partial charge in [-0.15, -0.1) is 6.58 Å². The van der Waals surface area contributed by atoms with Crippen molar-refractivity contribution in [3.05, 3.63) is 59.7 Å². The number of imide groups is 2. The minimum atomic E-state index is -0.847. The number of hydrogen-bond acceptors (Lipinski definition) is 7. The molecular formula is C25H24N2O7. The molecular weight excluding hydrogens is 440 g/mol. The van der Waals surface area contributed by atoms with Crippen LogP contribution in [-0.2, 0) is 16.0 Å². The second kappa shape index (κ2) is 9.70. The van der Waals surface area contributed by atoms with Crippen molar-refractivity contribution in [3.63, 3.8) is 0 Å². The van der Waals surface area contributed by atoms with E-state index in [0.29, 0.717) is 48.2 Å². The topological polar surface area (TPSA) is 103 Å². The van der Waals surface area contributed by atoms with Gasteiger partial charge in [0.25, 0.3) is 11.8 Å². The van der Waals surface area contributed by atoms with Gasteiger partial charge in [0.15, 0.2) is 23.0 Å². The van der Waals surface area contributed by atoms with Gasteiger partial charge in [-0.3, -0.25) is 14.9 Å². The van der Waals surface area contributed by atoms with E-state index in [4.69, 9.17) is 18.9 Å². The quantitative estimate of drug-likeness (QED) is 0.362. The Labute approximate surface area is 196 Å². The molecule has 1 fully saturated rings. The fourth-order valence-corrected chi connectivity index (χ4v) is 3.73. The number of barbiturate groups is 1. The van der Waals surface area contributed by atoms with Crippen LogP contribution in [0.5, 0.6) is 23.0 Å². The van der Waals surface area contributed by atoms with E-state index < -0.39 is 17.8 Å². The van der Waals surface area contributed by atoms with Crippen molar-refractivity contribution in [2.24, 2.45) is 0 Å². The molecule has 2 aromatic carbocycles. The third-order valence-corrected chi connectivity index (χ3v) is 5.13. The van der Waals surface area contributed by atoms with Crippen molar-refractivity contribution in [1.82, 2.24) is 5.32 Å². The second-order valence-corrected chi connectivity index (χ2v) is 7.36. The SMILES string of the molecule is C=CCc1cc(/C=C2\C(=O)NC(=O)N(c3ccc4c(c3)OCO4)C2=O)cc(OCC)c1OCC. The summed E-state index contributed by atoms with van der Waals surface area (Å²) < 4.78 is 22.1. The van der Waals surface area contributed by atoms with Crippen molar-refractivity contribution >= 4 is 29.6 Å². The van der Waals surface area contributed by atoms with Gasteiger partial charge in [0.1, 0.15) is 5.57 Å². The highest BCUT2D eigenvalue weighted by Gasteiger charge is 2.37. The Morgan fingerprint density at radius 1 is 1.06 bits per heavy atom. The molecule has 34 heavy (non-hydrogen) atoms. The zero-order chi connectivity index (χ0) is 24.2. The molecule has 0 radical (unpaired) electrons. The Hall–Kier alpha value is -4.27. The Bertz CT molecular complexity index is 1200. The number of nitrogens with one attached hydrogen (secondary N) is 1. The minimum Gasteiger partial charge on any atom is -0.490 e. The summed E-state index contributed by atoms with van der Waals surface area (Å²) in [5.41, 5.74) is 1.39. The minimum absolute atomic E-state index is 0.0511. The zero-order valence-corrected chi connectivity index (χ0v) is 18.9. The summed E-state index contributed by atoms with van der Waals surface area (Å²) in [4.78, 5) is 39.3. The summed E-state index contributed by atoms with van der Waals surface area (Å²) in [6.45, 7) is 8.40. The van der Waals surface area contributed by atoms with Crippen LogP contribution in [0.1, 0.15) is 25.0 Å². The predicted molar refractivity (Wildman–Crippen MR) is 124 cm³/mol. The highest BCUT2D eigenvalue weighted by atomic mass is 16.7. The van der Waals surface area contributed by atoms with E-state index in [1.807, 2.05) is 13.8 Å². The molecule has 9 nitrogen and oxygen atoms in total. The highest BCUT2D eigenvalue weighted by molar-refractivity contribution is 6.39. The second-order valence-electron chi connectivity index (χ2n) is 7.36. The lowest BCUT2D eigenvalue weighted by Gasteiger charge is -2.26. The number of nitrogens with zero attached hydrogens (tertiary/aromatic N) is 1. The highest BCUT2D eigenvalue weighted by Crippen LogP contribution is 2.37. The summed E-state index contributed by atoms with van der Waals surface area (Å²) in [7, 11) is 0. The monoisotopic (exact) mass is 464 g/mol. The Balaban J connectivity index is 1.75. The molecule has 4 rings (SSSR count). The van der Waals surface area contributed by atoms with Gasteiger partial charge in [0, 0.05) is 11.6 Å². The molecule has 0 bridgehead atoms. The number of urea groups is 1. The van der Waals surface area contributed by atoms with E-state index >= 15 is 0 Å². The van der Waals surface area contributed by atoms with Crippen LogP contribution in [0.4, 0.5) is 10.5 Å². The number of carbonyl (C=O) groups is 3. The van der Waals surface area contributed by atoms with Crippen LogP contribution in [0.25, 0.3) is 6.08 Å². The lowest BCUT2D eigenvalue weighted by molar-refractivity contribution is -0.122. The molecule has 1 saturated heterocycles. The Morgan fingerprint density at radius 2 is 1.82 bits per heavy atom. The first-order chi connectivity index (χ1) is 16.5. The van der Waals surface area contributed by atoms with E-state index in [0.717, 1.165) is 10.5 Å². The predicted octanol–water partition coefficient (Wildman–Crippen LogP) is 3.61. The lowest BCUT2D eigenvalue weighted by Crippen LogP contribution is -2.54. The summed E-state index contributed by atoms with van der Waals surface area (Å²) in [5, 5.41) is 2.22. The number of anilines is 1. The van der Waals surface area contributed by atoms with Crippen LogP contribution < -0.4 is 29.2 Å². The third kappa shape index (κ3) is 4.32. The number of benzene rings is 2. The summed E-state index contributed by atoms with van der Waals surface area (Å²) >= 11 is 0. The molecule has 0 aromatic heterocycles. The molecule has 2 aliphatic rings. The van der Waals surface area contributed by atoms with E-state index in [1.54, 1.807) is 30.3 Å². The van der Waals surface area contributed by atoms with Crippen LogP contribution >= 0.6 is 0 Å². The zero-order valence-electron chi connectivity index (χ0n) is 18.9. The van der Waals surface area contributed by atoms with Gasteiger partial charge in [0.05, 0.1) is 18.9 Å². The molecule has 1 N–H and O–H groups in total. The van der Waals surface area contributed by atoms with Gasteiger partial charge in [0.2, 0.25) is 6.79 Å². The van der Waals surface area contributed by atoms with Crippen molar-refractivity contribution < 1.29 is 33.3 Å². The van der Waals surface area contributed by atoms with Gasteiger partial charge >= 0.3 is 6.03 Å². The van der Waals surface area contributed by atoms with Gasteiger partial charge in [-0.2, -0.15) is 0 Å². The van der Waals surface area contributed by atoms with Crippen LogP contribution in [-0.4, -0.2) is 37.9 Å². The molecule has 9 heteroatoms. The van der Waals surface area contributed by atoms with E-state index in [1.165, 1.54) is 12.1 Å². The Morgan fingerprint density at radius 3 is 2.56 bits per heavy atom. The van der Waals surface area contributed by atoms with Crippen LogP contribution in [0.2, 0.25) is 0 Å². The first-order valence-electron chi connectivity index (χ1n) is 10.8. The molecule has 0 spiro atoms. The molecule has 2 aromatic rings. The fourth-order valence-electron chi connectivity index (χ4n) is 3.73. The summed E-state index contributed by atoms with van der Waals surface area (Å²) in [6.07, 6.45) is 3.65. The summed E-state index contributed by atoms with van der Waals surface area (Å²) in [6, 6.07) is 7.30. The van der Waals surface area contributed by atoms with Crippen molar-refractivity contribution in [3.8, 4) is 23.0 Å². The van der Waals surface area contributed by atoms with Gasteiger partial charge in [-0.1, -0.05) is 6.08 Å². The number of allylic oxidation sites excluding steroid dienone is 1. The van der Waals surface area contributed by atoms with Gasteiger partial charge < -0.3 is 18.9 Å². The van der Waals surface area contributed by atoms with Crippen LogP contribution in [0.3, 0.4) is 0 Å². The number of amides is 4. The maximum absolute atomic E-state index is 13.3. The average Bonchev–Trinajstić information content (AvgIpc) is 3.27. The van der Waals surface area contributed by atoms with Crippen LogP contribution in [0, 0.1) is 0 Å². The molecule has 0 aliphatic carbocycles. The molecule has 2 heterocycles.